The number of hydrogen-bond acceptors (Lipinski definition) is 3. The molecule has 1 aromatic carbocycles. The Balaban J connectivity index is 3.64. The van der Waals surface area contributed by atoms with E-state index in [1.807, 2.05) is 0 Å². The Labute approximate surface area is 92.4 Å². The van der Waals surface area contributed by atoms with Gasteiger partial charge < -0.3 is 5.11 Å². The minimum Gasteiger partial charge on any atom is -0.478 e. The molecule has 0 aliphatic rings. The van der Waals surface area contributed by atoms with Gasteiger partial charge in [-0.2, -0.15) is 0 Å². The van der Waals surface area contributed by atoms with E-state index in [1.54, 1.807) is 6.92 Å². The molecule has 1 rings (SSSR count). The van der Waals surface area contributed by atoms with E-state index in [0.717, 1.165) is 12.3 Å². The van der Waals surface area contributed by atoms with Crippen LogP contribution in [0.1, 0.15) is 15.9 Å². The first-order valence-electron chi connectivity index (χ1n) is 3.97. The molecular weight excluding hydrogens is 240 g/mol. The van der Waals surface area contributed by atoms with E-state index in [1.165, 1.54) is 6.07 Å². The van der Waals surface area contributed by atoms with Crippen molar-refractivity contribution in [3.8, 4) is 0 Å². The van der Waals surface area contributed by atoms with Crippen molar-refractivity contribution in [1.29, 1.82) is 0 Å². The van der Waals surface area contributed by atoms with E-state index in [0.29, 0.717) is 5.56 Å². The van der Waals surface area contributed by atoms with Crippen LogP contribution in [-0.4, -0.2) is 25.7 Å². The Morgan fingerprint density at radius 1 is 1.40 bits per heavy atom. The average molecular weight is 249 g/mol. The maximum absolute atomic E-state index is 11.3. The number of carboxylic acids is 1. The van der Waals surface area contributed by atoms with Gasteiger partial charge in [-0.05, 0) is 24.6 Å². The van der Waals surface area contributed by atoms with Crippen LogP contribution in [0.25, 0.3) is 0 Å². The molecule has 0 atom stereocenters. The Morgan fingerprint density at radius 2 is 1.93 bits per heavy atom. The molecule has 0 aliphatic heterocycles. The third-order valence-electron chi connectivity index (χ3n) is 1.89. The second kappa shape index (κ2) is 3.83. The maximum Gasteiger partial charge on any atom is 0.337 e. The smallest absolute Gasteiger partial charge is 0.337 e. The monoisotopic (exact) mass is 248 g/mol. The zero-order chi connectivity index (χ0) is 11.8. The molecule has 4 nitrogen and oxygen atoms in total. The molecule has 0 saturated carbocycles. The van der Waals surface area contributed by atoms with Crippen molar-refractivity contribution in [2.24, 2.45) is 0 Å². The van der Waals surface area contributed by atoms with Crippen LogP contribution in [0.3, 0.4) is 0 Å². The minimum atomic E-state index is -3.56. The highest BCUT2D eigenvalue weighted by Crippen LogP contribution is 2.24. The van der Waals surface area contributed by atoms with Gasteiger partial charge in [0.25, 0.3) is 0 Å². The Hall–Kier alpha value is -1.07. The lowest BCUT2D eigenvalue weighted by atomic mass is 10.1. The summed E-state index contributed by atoms with van der Waals surface area (Å²) in [6.45, 7) is 1.61. The number of aryl methyl sites for hydroxylation is 1. The fourth-order valence-electron chi connectivity index (χ4n) is 1.13. The van der Waals surface area contributed by atoms with Crippen LogP contribution in [0.4, 0.5) is 0 Å². The van der Waals surface area contributed by atoms with E-state index in [2.05, 4.69) is 0 Å². The lowest BCUT2D eigenvalue weighted by Crippen LogP contribution is -2.08. The summed E-state index contributed by atoms with van der Waals surface area (Å²) in [6.07, 6.45) is 0.960. The van der Waals surface area contributed by atoms with Crippen molar-refractivity contribution in [3.63, 3.8) is 0 Å². The van der Waals surface area contributed by atoms with Crippen LogP contribution in [-0.2, 0) is 9.84 Å². The summed E-state index contributed by atoms with van der Waals surface area (Å²) in [5.74, 6) is -1.31. The van der Waals surface area contributed by atoms with Gasteiger partial charge in [0.05, 0.1) is 10.5 Å². The van der Waals surface area contributed by atoms with Crippen LogP contribution in [0.2, 0.25) is 5.02 Å². The second-order valence-corrected chi connectivity index (χ2v) is 5.57. The van der Waals surface area contributed by atoms with E-state index >= 15 is 0 Å². The lowest BCUT2D eigenvalue weighted by Gasteiger charge is -2.06. The van der Waals surface area contributed by atoms with Gasteiger partial charge in [-0.1, -0.05) is 11.6 Å². The first kappa shape index (κ1) is 12.0. The molecule has 0 amide bonds. The highest BCUT2D eigenvalue weighted by atomic mass is 35.5. The van der Waals surface area contributed by atoms with Crippen molar-refractivity contribution in [2.75, 3.05) is 6.26 Å². The van der Waals surface area contributed by atoms with Gasteiger partial charge in [-0.15, -0.1) is 0 Å². The topological polar surface area (TPSA) is 71.4 Å². The second-order valence-electron chi connectivity index (χ2n) is 3.17. The molecule has 15 heavy (non-hydrogen) atoms. The summed E-state index contributed by atoms with van der Waals surface area (Å²) in [7, 11) is -3.56. The van der Waals surface area contributed by atoms with Gasteiger partial charge in [0, 0.05) is 11.3 Å². The number of hydrogen-bond donors (Lipinski definition) is 1. The molecule has 0 bridgehead atoms. The van der Waals surface area contributed by atoms with Crippen LogP contribution < -0.4 is 0 Å². The molecular formula is C9H9ClO4S. The number of halogens is 1. The summed E-state index contributed by atoms with van der Waals surface area (Å²) in [5, 5.41) is 9.06. The lowest BCUT2D eigenvalue weighted by molar-refractivity contribution is 0.0692. The highest BCUT2D eigenvalue weighted by Gasteiger charge is 2.19. The zero-order valence-electron chi connectivity index (χ0n) is 8.11. The molecule has 0 radical (unpaired) electrons. The fourth-order valence-corrected chi connectivity index (χ4v) is 2.23. The first-order chi connectivity index (χ1) is 6.73. The van der Waals surface area contributed by atoms with Gasteiger partial charge in [-0.3, -0.25) is 0 Å². The van der Waals surface area contributed by atoms with Crippen molar-refractivity contribution < 1.29 is 18.3 Å². The predicted octanol–water partition coefficient (Wildman–Crippen LogP) is 1.75. The molecule has 0 spiro atoms. The quantitative estimate of drug-likeness (QED) is 0.866. The zero-order valence-corrected chi connectivity index (χ0v) is 9.69. The number of carbonyl (C=O) groups is 1. The highest BCUT2D eigenvalue weighted by molar-refractivity contribution is 7.90. The van der Waals surface area contributed by atoms with E-state index < -0.39 is 15.8 Å². The van der Waals surface area contributed by atoms with Crippen molar-refractivity contribution >= 4 is 27.4 Å². The SMILES string of the molecule is Cc1cc(S(C)(=O)=O)c(C(=O)O)cc1Cl. The van der Waals surface area contributed by atoms with Crippen LogP contribution in [0.15, 0.2) is 17.0 Å². The minimum absolute atomic E-state index is 0.211. The van der Waals surface area contributed by atoms with Crippen molar-refractivity contribution in [3.05, 3.63) is 28.3 Å². The molecule has 6 heteroatoms. The third kappa shape index (κ3) is 2.49. The number of carboxylic acid groups (broad SMARTS) is 1. The van der Waals surface area contributed by atoms with Crippen LogP contribution in [0.5, 0.6) is 0 Å². The summed E-state index contributed by atoms with van der Waals surface area (Å²) < 4.78 is 22.6. The number of benzene rings is 1. The molecule has 1 aromatic rings. The molecule has 0 aliphatic carbocycles. The Morgan fingerprint density at radius 3 is 2.33 bits per heavy atom. The summed E-state index contributed by atoms with van der Waals surface area (Å²) in [4.78, 5) is 10.6. The Kier molecular flexibility index (Phi) is 3.06. The average Bonchev–Trinajstić information content (AvgIpc) is 2.06. The third-order valence-corrected chi connectivity index (χ3v) is 3.43. The summed E-state index contributed by atoms with van der Waals surface area (Å²) >= 11 is 5.72. The van der Waals surface area contributed by atoms with Gasteiger partial charge >= 0.3 is 5.97 Å². The first-order valence-corrected chi connectivity index (χ1v) is 6.24. The Bertz CT molecular complexity index is 519. The number of rotatable bonds is 2. The molecule has 0 aromatic heterocycles. The van der Waals surface area contributed by atoms with Gasteiger partial charge in [0.15, 0.2) is 9.84 Å². The van der Waals surface area contributed by atoms with Crippen molar-refractivity contribution in [2.45, 2.75) is 11.8 Å². The summed E-state index contributed by atoms with van der Waals surface area (Å²) in [6, 6.07) is 2.41. The molecule has 0 fully saturated rings. The maximum atomic E-state index is 11.3. The van der Waals surface area contributed by atoms with Gasteiger partial charge in [-0.25, -0.2) is 13.2 Å². The van der Waals surface area contributed by atoms with Crippen LogP contribution in [0, 0.1) is 6.92 Å². The molecule has 0 heterocycles. The van der Waals surface area contributed by atoms with Gasteiger partial charge in [0.2, 0.25) is 0 Å². The standard InChI is InChI=1S/C9H9ClO4S/c1-5-3-8(15(2,13)14)6(9(11)12)4-7(5)10/h3-4H,1-2H3,(H,11,12). The number of aromatic carboxylic acids is 1. The van der Waals surface area contributed by atoms with E-state index in [-0.39, 0.29) is 15.5 Å². The normalized spacial score (nSPS) is 11.4. The van der Waals surface area contributed by atoms with Crippen molar-refractivity contribution in [1.82, 2.24) is 0 Å². The molecule has 82 valence electrons. The van der Waals surface area contributed by atoms with E-state index in [4.69, 9.17) is 16.7 Å². The summed E-state index contributed by atoms with van der Waals surface area (Å²) in [5.41, 5.74) is 0.232. The molecule has 1 N–H and O–H groups in total. The van der Waals surface area contributed by atoms with E-state index in [9.17, 15) is 13.2 Å². The fraction of sp³-hybridized carbons (Fsp3) is 0.222. The van der Waals surface area contributed by atoms with Gasteiger partial charge in [0.1, 0.15) is 0 Å². The molecule has 0 saturated heterocycles. The van der Waals surface area contributed by atoms with Crippen LogP contribution >= 0.6 is 11.6 Å². The largest absolute Gasteiger partial charge is 0.478 e. The molecule has 0 unspecified atom stereocenters. The predicted molar refractivity (Wildman–Crippen MR) is 56.3 cm³/mol. The number of sulfone groups is 1.